The van der Waals surface area contributed by atoms with Crippen LogP contribution in [0.25, 0.3) is 0 Å². The molecule has 1 fully saturated rings. The molecule has 1 aliphatic heterocycles. The van der Waals surface area contributed by atoms with Crippen molar-refractivity contribution in [3.8, 4) is 0 Å². The molecule has 1 atom stereocenters. The Hall–Kier alpha value is 0.0600. The molecule has 1 aromatic heterocycles. The Morgan fingerprint density at radius 3 is 2.50 bits per heavy atom. The molecule has 2 rings (SSSR count). The summed E-state index contributed by atoms with van der Waals surface area (Å²) < 4.78 is 6.21. The molecule has 0 saturated carbocycles. The Labute approximate surface area is 125 Å². The van der Waals surface area contributed by atoms with E-state index in [0.717, 1.165) is 13.1 Å². The minimum Gasteiger partial charge on any atom is -0.368 e. The first kappa shape index (κ1) is 14.5. The van der Waals surface area contributed by atoms with Gasteiger partial charge in [0.25, 0.3) is 0 Å². The number of ether oxygens (including phenoxy) is 1. The molecular weight excluding hydrogens is 341 g/mol. The van der Waals surface area contributed by atoms with Gasteiger partial charge in [0.05, 0.1) is 11.1 Å². The van der Waals surface area contributed by atoms with Gasteiger partial charge in [0.2, 0.25) is 0 Å². The standard InChI is InChI=1S/C11H14BrCl2N3O/c1-6(2)17-3-4-18-7(5-17)11-15-9(13)8(12)10(14)16-11/h6-7H,3-5H2,1-2H3. The van der Waals surface area contributed by atoms with E-state index in [0.29, 0.717) is 33.3 Å². The third-order valence-electron chi connectivity index (χ3n) is 2.90. The summed E-state index contributed by atoms with van der Waals surface area (Å²) in [5, 5.41) is 0.630. The molecular formula is C11H14BrCl2N3O. The van der Waals surface area contributed by atoms with Crippen molar-refractivity contribution in [2.24, 2.45) is 0 Å². The molecule has 0 radical (unpaired) electrons. The second-order valence-corrected chi connectivity index (χ2v) is 5.93. The molecule has 1 unspecified atom stereocenters. The van der Waals surface area contributed by atoms with Gasteiger partial charge in [0, 0.05) is 19.1 Å². The van der Waals surface area contributed by atoms with E-state index in [-0.39, 0.29) is 6.10 Å². The average molecular weight is 355 g/mol. The molecule has 1 aromatic rings. The van der Waals surface area contributed by atoms with E-state index in [2.05, 4.69) is 44.6 Å². The van der Waals surface area contributed by atoms with Crippen LogP contribution in [0, 0.1) is 0 Å². The molecule has 0 aromatic carbocycles. The third kappa shape index (κ3) is 3.14. The maximum atomic E-state index is 5.99. The predicted molar refractivity (Wildman–Crippen MR) is 75.2 cm³/mol. The van der Waals surface area contributed by atoms with Gasteiger partial charge in [-0.3, -0.25) is 4.90 Å². The molecule has 4 nitrogen and oxygen atoms in total. The zero-order chi connectivity index (χ0) is 13.3. The van der Waals surface area contributed by atoms with Crippen LogP contribution in [-0.2, 0) is 4.74 Å². The Bertz CT molecular complexity index is 421. The number of rotatable bonds is 2. The molecule has 7 heteroatoms. The smallest absolute Gasteiger partial charge is 0.161 e. The van der Waals surface area contributed by atoms with Crippen molar-refractivity contribution in [3.05, 3.63) is 20.6 Å². The zero-order valence-electron chi connectivity index (χ0n) is 10.2. The molecule has 0 amide bonds. The fourth-order valence-electron chi connectivity index (χ4n) is 1.85. The van der Waals surface area contributed by atoms with Gasteiger partial charge in [0.1, 0.15) is 16.4 Å². The van der Waals surface area contributed by atoms with Crippen molar-refractivity contribution in [3.63, 3.8) is 0 Å². The van der Waals surface area contributed by atoms with Crippen molar-refractivity contribution in [2.75, 3.05) is 19.7 Å². The summed E-state index contributed by atoms with van der Waals surface area (Å²) in [5.41, 5.74) is 0. The highest BCUT2D eigenvalue weighted by atomic mass is 79.9. The lowest BCUT2D eigenvalue weighted by Gasteiger charge is -2.34. The lowest BCUT2D eigenvalue weighted by molar-refractivity contribution is -0.0442. The number of morpholine rings is 1. The second-order valence-electron chi connectivity index (χ2n) is 4.43. The fraction of sp³-hybridized carbons (Fsp3) is 0.636. The van der Waals surface area contributed by atoms with E-state index >= 15 is 0 Å². The van der Waals surface area contributed by atoms with Crippen LogP contribution in [0.1, 0.15) is 25.8 Å². The average Bonchev–Trinajstić information content (AvgIpc) is 2.35. The van der Waals surface area contributed by atoms with Gasteiger partial charge in [-0.25, -0.2) is 9.97 Å². The summed E-state index contributed by atoms with van der Waals surface area (Å²) in [6.45, 7) is 6.66. The van der Waals surface area contributed by atoms with Gasteiger partial charge < -0.3 is 4.74 Å². The highest BCUT2D eigenvalue weighted by Gasteiger charge is 2.26. The van der Waals surface area contributed by atoms with Crippen LogP contribution in [0.3, 0.4) is 0 Å². The van der Waals surface area contributed by atoms with E-state index in [1.54, 1.807) is 0 Å². The first-order chi connectivity index (χ1) is 8.49. The number of aromatic nitrogens is 2. The Morgan fingerprint density at radius 2 is 1.94 bits per heavy atom. The van der Waals surface area contributed by atoms with E-state index in [9.17, 15) is 0 Å². The number of nitrogens with zero attached hydrogens (tertiary/aromatic N) is 3. The fourth-order valence-corrected chi connectivity index (χ4v) is 2.43. The zero-order valence-corrected chi connectivity index (χ0v) is 13.3. The first-order valence-corrected chi connectivity index (χ1v) is 7.28. The highest BCUT2D eigenvalue weighted by molar-refractivity contribution is 9.10. The lowest BCUT2D eigenvalue weighted by Crippen LogP contribution is -2.42. The van der Waals surface area contributed by atoms with E-state index < -0.39 is 0 Å². The van der Waals surface area contributed by atoms with Crippen molar-refractivity contribution >= 4 is 39.1 Å². The van der Waals surface area contributed by atoms with E-state index in [1.807, 2.05) is 0 Å². The van der Waals surface area contributed by atoms with E-state index in [4.69, 9.17) is 27.9 Å². The predicted octanol–water partition coefficient (Wildman–Crippen LogP) is 3.33. The molecule has 0 N–H and O–H groups in total. The largest absolute Gasteiger partial charge is 0.368 e. The van der Waals surface area contributed by atoms with Crippen LogP contribution in [-0.4, -0.2) is 40.6 Å². The maximum Gasteiger partial charge on any atom is 0.161 e. The molecule has 2 heterocycles. The number of halogens is 3. The van der Waals surface area contributed by atoms with Gasteiger partial charge in [-0.15, -0.1) is 0 Å². The van der Waals surface area contributed by atoms with Crippen molar-refractivity contribution in [2.45, 2.75) is 26.0 Å². The van der Waals surface area contributed by atoms with Gasteiger partial charge in [-0.05, 0) is 29.8 Å². The SMILES string of the molecule is CC(C)N1CCOC(c2nc(Cl)c(Br)c(Cl)n2)C1. The summed E-state index contributed by atoms with van der Waals surface area (Å²) >= 11 is 15.2. The van der Waals surface area contributed by atoms with Gasteiger partial charge in [0.15, 0.2) is 5.82 Å². The minimum atomic E-state index is -0.177. The Morgan fingerprint density at radius 1 is 1.33 bits per heavy atom. The van der Waals surface area contributed by atoms with Gasteiger partial charge in [-0.1, -0.05) is 23.2 Å². The van der Waals surface area contributed by atoms with Crippen LogP contribution in [0.2, 0.25) is 10.3 Å². The van der Waals surface area contributed by atoms with Crippen LogP contribution in [0.5, 0.6) is 0 Å². The lowest BCUT2D eigenvalue weighted by atomic mass is 10.2. The first-order valence-electron chi connectivity index (χ1n) is 5.73. The van der Waals surface area contributed by atoms with Crippen molar-refractivity contribution in [1.82, 2.24) is 14.9 Å². The summed E-state index contributed by atoms with van der Waals surface area (Å²) in [6.07, 6.45) is -0.177. The summed E-state index contributed by atoms with van der Waals surface area (Å²) in [4.78, 5) is 10.8. The molecule has 1 aliphatic rings. The van der Waals surface area contributed by atoms with Crippen molar-refractivity contribution in [1.29, 1.82) is 0 Å². The Kier molecular flexibility index (Phi) is 4.83. The third-order valence-corrected chi connectivity index (χ3v) is 4.66. The quantitative estimate of drug-likeness (QED) is 0.763. The topological polar surface area (TPSA) is 38.2 Å². The van der Waals surface area contributed by atoms with Gasteiger partial charge in [-0.2, -0.15) is 0 Å². The molecule has 0 spiro atoms. The Balaban J connectivity index is 2.21. The molecule has 18 heavy (non-hydrogen) atoms. The second kappa shape index (κ2) is 6.01. The number of hydrogen-bond acceptors (Lipinski definition) is 4. The number of hydrogen-bond donors (Lipinski definition) is 0. The van der Waals surface area contributed by atoms with Crippen LogP contribution < -0.4 is 0 Å². The summed E-state index contributed by atoms with van der Waals surface area (Å²) in [6, 6.07) is 0.470. The summed E-state index contributed by atoms with van der Waals surface area (Å²) in [5.74, 6) is 0.540. The van der Waals surface area contributed by atoms with Gasteiger partial charge >= 0.3 is 0 Å². The minimum absolute atomic E-state index is 0.177. The molecule has 1 saturated heterocycles. The normalized spacial score (nSPS) is 21.6. The van der Waals surface area contributed by atoms with E-state index in [1.165, 1.54) is 0 Å². The highest BCUT2D eigenvalue weighted by Crippen LogP contribution is 2.30. The molecule has 100 valence electrons. The monoisotopic (exact) mass is 353 g/mol. The van der Waals surface area contributed by atoms with Crippen LogP contribution in [0.15, 0.2) is 4.47 Å². The van der Waals surface area contributed by atoms with Crippen LogP contribution in [0.4, 0.5) is 0 Å². The van der Waals surface area contributed by atoms with Crippen LogP contribution >= 0.6 is 39.1 Å². The summed E-state index contributed by atoms with van der Waals surface area (Å²) in [7, 11) is 0. The molecule has 0 aliphatic carbocycles. The maximum absolute atomic E-state index is 5.99. The molecule has 0 bridgehead atoms. The van der Waals surface area contributed by atoms with Crippen molar-refractivity contribution < 1.29 is 4.74 Å².